The van der Waals surface area contributed by atoms with E-state index in [0.29, 0.717) is 5.69 Å². The smallest absolute Gasteiger partial charge is 0.138 e. The molecule has 3 aromatic rings. The zero-order valence-corrected chi connectivity index (χ0v) is 12.5. The predicted octanol–water partition coefficient (Wildman–Crippen LogP) is 4.53. The van der Waals surface area contributed by atoms with Crippen molar-refractivity contribution in [1.82, 2.24) is 4.98 Å². The van der Waals surface area contributed by atoms with Gasteiger partial charge in [-0.15, -0.1) is 0 Å². The monoisotopic (exact) mass is 278 g/mol. The second-order valence-electron chi connectivity index (χ2n) is 5.31. The van der Waals surface area contributed by atoms with Gasteiger partial charge in [-0.25, -0.2) is 0 Å². The first-order valence-electron chi connectivity index (χ1n) is 6.96. The average Bonchev–Trinajstić information content (AvgIpc) is 2.48. The van der Waals surface area contributed by atoms with Gasteiger partial charge >= 0.3 is 0 Å². The van der Waals surface area contributed by atoms with E-state index in [2.05, 4.69) is 37.9 Å². The zero-order chi connectivity index (χ0) is 15.0. The van der Waals surface area contributed by atoms with Crippen molar-refractivity contribution >= 4 is 16.6 Å². The lowest BCUT2D eigenvalue weighted by Crippen LogP contribution is -1.96. The van der Waals surface area contributed by atoms with Crippen LogP contribution < -0.4 is 10.5 Å². The molecule has 3 heteroatoms. The van der Waals surface area contributed by atoms with Gasteiger partial charge in [0.1, 0.15) is 11.5 Å². The van der Waals surface area contributed by atoms with Gasteiger partial charge < -0.3 is 10.5 Å². The van der Waals surface area contributed by atoms with Crippen molar-refractivity contribution < 1.29 is 4.74 Å². The minimum atomic E-state index is 0.663. The number of fused-ring (bicyclic) bond motifs is 1. The maximum atomic E-state index is 6.19. The summed E-state index contributed by atoms with van der Waals surface area (Å²) >= 11 is 0. The Kier molecular flexibility index (Phi) is 3.26. The number of para-hydroxylation sites is 1. The first kappa shape index (κ1) is 13.4. The molecule has 0 fully saturated rings. The molecule has 0 aliphatic heterocycles. The third-order valence-corrected chi connectivity index (χ3v) is 3.85. The molecule has 3 nitrogen and oxygen atoms in total. The van der Waals surface area contributed by atoms with Crippen LogP contribution in [0.1, 0.15) is 16.7 Å². The highest BCUT2D eigenvalue weighted by atomic mass is 16.5. The summed E-state index contributed by atoms with van der Waals surface area (Å²) in [5, 5.41) is 0.929. The van der Waals surface area contributed by atoms with E-state index in [1.165, 1.54) is 5.56 Å². The summed E-state index contributed by atoms with van der Waals surface area (Å²) < 4.78 is 6.19. The third kappa shape index (κ3) is 2.31. The number of nitrogens with zero attached hydrogens (tertiary/aromatic N) is 1. The van der Waals surface area contributed by atoms with Crippen LogP contribution in [0, 0.1) is 20.8 Å². The molecule has 0 spiro atoms. The van der Waals surface area contributed by atoms with E-state index in [4.69, 9.17) is 10.5 Å². The van der Waals surface area contributed by atoms with Crippen LogP contribution in [-0.4, -0.2) is 4.98 Å². The quantitative estimate of drug-likeness (QED) is 0.700. The second kappa shape index (κ2) is 5.09. The van der Waals surface area contributed by atoms with Crippen LogP contribution in [0.2, 0.25) is 0 Å². The minimum absolute atomic E-state index is 0.663. The van der Waals surface area contributed by atoms with E-state index in [1.54, 1.807) is 6.20 Å². The van der Waals surface area contributed by atoms with Gasteiger partial charge in [-0.1, -0.05) is 18.2 Å². The topological polar surface area (TPSA) is 48.1 Å². The molecule has 0 aliphatic carbocycles. The molecule has 0 saturated heterocycles. The molecule has 0 atom stereocenters. The van der Waals surface area contributed by atoms with E-state index in [-0.39, 0.29) is 0 Å². The van der Waals surface area contributed by atoms with Crippen molar-refractivity contribution in [3.8, 4) is 11.5 Å². The molecule has 0 unspecified atom stereocenters. The van der Waals surface area contributed by atoms with Crippen LogP contribution in [0.3, 0.4) is 0 Å². The summed E-state index contributed by atoms with van der Waals surface area (Å²) in [7, 11) is 0. The Morgan fingerprint density at radius 3 is 2.52 bits per heavy atom. The Morgan fingerprint density at radius 1 is 0.952 bits per heavy atom. The largest absolute Gasteiger partial charge is 0.456 e. The van der Waals surface area contributed by atoms with E-state index >= 15 is 0 Å². The normalized spacial score (nSPS) is 10.8. The molecule has 1 heterocycles. The number of aryl methyl sites for hydroxylation is 2. The average molecular weight is 278 g/mol. The Hall–Kier alpha value is -2.55. The standard InChI is InChI=1S/C18H18N2O/c1-11-7-8-12(2)18(13(11)3)21-16-9-10-20-17-14(16)5-4-6-15(17)19/h4-10H,19H2,1-3H3. The summed E-state index contributed by atoms with van der Waals surface area (Å²) in [5.41, 5.74) is 10.9. The Balaban J connectivity index is 2.16. The summed E-state index contributed by atoms with van der Waals surface area (Å²) in [6.07, 6.45) is 1.73. The SMILES string of the molecule is Cc1ccc(C)c(Oc2ccnc3c(N)cccc23)c1C. The summed E-state index contributed by atoms with van der Waals surface area (Å²) in [6.45, 7) is 6.22. The van der Waals surface area contributed by atoms with Gasteiger partial charge in [0.2, 0.25) is 0 Å². The number of hydrogen-bond donors (Lipinski definition) is 1. The minimum Gasteiger partial charge on any atom is -0.456 e. The van der Waals surface area contributed by atoms with Gasteiger partial charge in [0.05, 0.1) is 11.2 Å². The number of nitrogen functional groups attached to an aromatic ring is 1. The lowest BCUT2D eigenvalue weighted by Gasteiger charge is -2.15. The summed E-state index contributed by atoms with van der Waals surface area (Å²) in [5.74, 6) is 1.69. The van der Waals surface area contributed by atoms with Gasteiger partial charge in [0.15, 0.2) is 0 Å². The fourth-order valence-electron chi connectivity index (χ4n) is 2.46. The van der Waals surface area contributed by atoms with Crippen LogP contribution in [0.5, 0.6) is 11.5 Å². The van der Waals surface area contributed by atoms with Crippen molar-refractivity contribution in [2.75, 3.05) is 5.73 Å². The highest BCUT2D eigenvalue weighted by Crippen LogP contribution is 2.35. The van der Waals surface area contributed by atoms with Crippen molar-refractivity contribution in [3.63, 3.8) is 0 Å². The molecule has 3 rings (SSSR count). The molecule has 0 aliphatic rings. The van der Waals surface area contributed by atoms with Crippen molar-refractivity contribution in [2.24, 2.45) is 0 Å². The number of rotatable bonds is 2. The van der Waals surface area contributed by atoms with Crippen LogP contribution in [0.25, 0.3) is 10.9 Å². The van der Waals surface area contributed by atoms with Crippen molar-refractivity contribution in [1.29, 1.82) is 0 Å². The first-order chi connectivity index (χ1) is 10.1. The van der Waals surface area contributed by atoms with Crippen LogP contribution >= 0.6 is 0 Å². The molecule has 0 saturated carbocycles. The van der Waals surface area contributed by atoms with E-state index < -0.39 is 0 Å². The number of nitrogens with two attached hydrogens (primary N) is 1. The molecule has 2 N–H and O–H groups in total. The molecule has 1 aromatic heterocycles. The van der Waals surface area contributed by atoms with E-state index in [0.717, 1.165) is 33.5 Å². The highest BCUT2D eigenvalue weighted by molar-refractivity contribution is 5.93. The van der Waals surface area contributed by atoms with E-state index in [9.17, 15) is 0 Å². The summed E-state index contributed by atoms with van der Waals surface area (Å²) in [4.78, 5) is 4.34. The first-order valence-corrected chi connectivity index (χ1v) is 6.96. The van der Waals surface area contributed by atoms with Crippen LogP contribution in [0.15, 0.2) is 42.6 Å². The number of hydrogen-bond acceptors (Lipinski definition) is 3. The van der Waals surface area contributed by atoms with Gasteiger partial charge in [-0.2, -0.15) is 0 Å². The van der Waals surface area contributed by atoms with Crippen molar-refractivity contribution in [3.05, 3.63) is 59.3 Å². The zero-order valence-electron chi connectivity index (χ0n) is 12.5. The highest BCUT2D eigenvalue weighted by Gasteiger charge is 2.11. The Morgan fingerprint density at radius 2 is 1.71 bits per heavy atom. The van der Waals surface area contributed by atoms with Gasteiger partial charge in [-0.3, -0.25) is 4.98 Å². The molecule has 0 radical (unpaired) electrons. The van der Waals surface area contributed by atoms with Gasteiger partial charge in [0, 0.05) is 11.6 Å². The molecular formula is C18H18N2O. The fourth-order valence-corrected chi connectivity index (χ4v) is 2.46. The van der Waals surface area contributed by atoms with Gasteiger partial charge in [-0.05, 0) is 55.7 Å². The number of anilines is 1. The van der Waals surface area contributed by atoms with Gasteiger partial charge in [0.25, 0.3) is 0 Å². The van der Waals surface area contributed by atoms with Crippen LogP contribution in [-0.2, 0) is 0 Å². The van der Waals surface area contributed by atoms with E-state index in [1.807, 2.05) is 24.3 Å². The third-order valence-electron chi connectivity index (χ3n) is 3.85. The molecule has 0 amide bonds. The molecule has 0 bridgehead atoms. The molecule has 106 valence electrons. The maximum absolute atomic E-state index is 6.19. The lowest BCUT2D eigenvalue weighted by molar-refractivity contribution is 0.479. The number of ether oxygens (including phenoxy) is 1. The lowest BCUT2D eigenvalue weighted by atomic mass is 10.1. The summed E-state index contributed by atoms with van der Waals surface area (Å²) in [6, 6.07) is 11.8. The maximum Gasteiger partial charge on any atom is 0.138 e. The molecular weight excluding hydrogens is 260 g/mol. The Bertz CT molecular complexity index is 825. The molecule has 2 aromatic carbocycles. The predicted molar refractivity (Wildman–Crippen MR) is 86.9 cm³/mol. The molecule has 21 heavy (non-hydrogen) atoms. The number of aromatic nitrogens is 1. The Labute approximate surface area is 124 Å². The fraction of sp³-hybridized carbons (Fsp3) is 0.167. The number of benzene rings is 2. The number of pyridine rings is 1. The van der Waals surface area contributed by atoms with Crippen molar-refractivity contribution in [2.45, 2.75) is 20.8 Å². The van der Waals surface area contributed by atoms with Crippen LogP contribution in [0.4, 0.5) is 5.69 Å². The second-order valence-corrected chi connectivity index (χ2v) is 5.31.